The molecule has 2 rings (SSSR count). The van der Waals surface area contributed by atoms with Crippen LogP contribution in [0.2, 0.25) is 0 Å². The van der Waals surface area contributed by atoms with Gasteiger partial charge in [-0.05, 0) is 31.4 Å². The van der Waals surface area contributed by atoms with Crippen LogP contribution in [0.25, 0.3) is 0 Å². The number of nitrogens with two attached hydrogens (primary N) is 1. The molecule has 1 saturated heterocycles. The summed E-state index contributed by atoms with van der Waals surface area (Å²) in [5.74, 6) is -0.520. The Morgan fingerprint density at radius 1 is 1.38 bits per heavy atom. The van der Waals surface area contributed by atoms with Gasteiger partial charge in [0, 0.05) is 6.04 Å². The van der Waals surface area contributed by atoms with Crippen LogP contribution < -0.4 is 11.1 Å². The van der Waals surface area contributed by atoms with Crippen LogP contribution in [0, 0.1) is 6.92 Å². The van der Waals surface area contributed by atoms with E-state index in [2.05, 4.69) is 5.32 Å². The van der Waals surface area contributed by atoms with E-state index in [1.165, 1.54) is 0 Å². The van der Waals surface area contributed by atoms with Gasteiger partial charge in [-0.1, -0.05) is 31.2 Å². The average Bonchev–Trinajstić information content (AvgIpc) is 2.45. The number of hydrogen-bond donors (Lipinski definition) is 2. The Kier molecular flexibility index (Phi) is 4.75. The lowest BCUT2D eigenvalue weighted by atomic mass is 9.91. The maximum absolute atomic E-state index is 11.9. The SMILES string of the molecule is CCC(N)C(c1ccccc1C)N1CC(=O)NC(=O)C1C. The molecular weight excluding hydrogens is 266 g/mol. The Labute approximate surface area is 125 Å². The second kappa shape index (κ2) is 6.37. The highest BCUT2D eigenvalue weighted by atomic mass is 16.2. The first-order chi connectivity index (χ1) is 9.95. The van der Waals surface area contributed by atoms with E-state index in [4.69, 9.17) is 5.73 Å². The van der Waals surface area contributed by atoms with Crippen LogP contribution >= 0.6 is 0 Å². The van der Waals surface area contributed by atoms with Gasteiger partial charge in [0.15, 0.2) is 0 Å². The van der Waals surface area contributed by atoms with E-state index in [0.29, 0.717) is 0 Å². The maximum atomic E-state index is 11.9. The van der Waals surface area contributed by atoms with Crippen molar-refractivity contribution in [2.45, 2.75) is 45.3 Å². The summed E-state index contributed by atoms with van der Waals surface area (Å²) in [6, 6.07) is 7.36. The zero-order valence-corrected chi connectivity index (χ0v) is 12.8. The number of benzene rings is 1. The molecule has 114 valence electrons. The normalized spacial score (nSPS) is 22.8. The molecule has 0 aliphatic carbocycles. The molecule has 0 spiro atoms. The Bertz CT molecular complexity index is 544. The van der Waals surface area contributed by atoms with Crippen LogP contribution in [-0.4, -0.2) is 35.3 Å². The van der Waals surface area contributed by atoms with E-state index in [0.717, 1.165) is 17.5 Å². The molecule has 5 heteroatoms. The minimum atomic E-state index is -0.370. The number of hydrogen-bond acceptors (Lipinski definition) is 4. The fraction of sp³-hybridized carbons (Fsp3) is 0.500. The van der Waals surface area contributed by atoms with E-state index in [1.54, 1.807) is 0 Å². The molecule has 3 atom stereocenters. The molecule has 1 heterocycles. The topological polar surface area (TPSA) is 75.4 Å². The summed E-state index contributed by atoms with van der Waals surface area (Å²) in [6.45, 7) is 6.06. The van der Waals surface area contributed by atoms with Gasteiger partial charge in [0.25, 0.3) is 0 Å². The number of nitrogens with one attached hydrogen (secondary N) is 1. The molecule has 1 aromatic rings. The number of carbonyl (C=O) groups excluding carboxylic acids is 2. The van der Waals surface area contributed by atoms with Gasteiger partial charge < -0.3 is 5.73 Å². The van der Waals surface area contributed by atoms with Crippen molar-refractivity contribution in [1.82, 2.24) is 10.2 Å². The number of piperazine rings is 1. The first kappa shape index (κ1) is 15.7. The van der Waals surface area contributed by atoms with Gasteiger partial charge in [-0.3, -0.25) is 19.8 Å². The summed E-state index contributed by atoms with van der Waals surface area (Å²) in [5, 5.41) is 2.38. The van der Waals surface area contributed by atoms with Crippen LogP contribution in [0.5, 0.6) is 0 Å². The van der Waals surface area contributed by atoms with Crippen LogP contribution in [0.3, 0.4) is 0 Å². The Balaban J connectivity index is 2.43. The van der Waals surface area contributed by atoms with Crippen molar-refractivity contribution in [2.24, 2.45) is 5.73 Å². The van der Waals surface area contributed by atoms with Crippen molar-refractivity contribution in [2.75, 3.05) is 6.54 Å². The van der Waals surface area contributed by atoms with Crippen molar-refractivity contribution >= 4 is 11.8 Å². The third kappa shape index (κ3) is 3.14. The van der Waals surface area contributed by atoms with E-state index < -0.39 is 0 Å². The zero-order valence-electron chi connectivity index (χ0n) is 12.8. The predicted molar refractivity (Wildman–Crippen MR) is 81.5 cm³/mol. The first-order valence-corrected chi connectivity index (χ1v) is 7.36. The quantitative estimate of drug-likeness (QED) is 0.815. The van der Waals surface area contributed by atoms with Crippen LogP contribution in [0.15, 0.2) is 24.3 Å². The van der Waals surface area contributed by atoms with Gasteiger partial charge in [0.05, 0.1) is 18.6 Å². The Hall–Kier alpha value is -1.72. The van der Waals surface area contributed by atoms with Crippen molar-refractivity contribution in [1.29, 1.82) is 0 Å². The summed E-state index contributed by atoms with van der Waals surface area (Å²) in [4.78, 5) is 25.6. The largest absolute Gasteiger partial charge is 0.326 e. The Morgan fingerprint density at radius 2 is 2.05 bits per heavy atom. The standard InChI is InChI=1S/C16H23N3O2/c1-4-13(17)15(12-8-6-5-7-10(12)2)19-9-14(20)18-16(21)11(19)3/h5-8,11,13,15H,4,9,17H2,1-3H3,(H,18,20,21). The van der Waals surface area contributed by atoms with Gasteiger partial charge in [0.1, 0.15) is 0 Å². The van der Waals surface area contributed by atoms with Crippen molar-refractivity contribution in [3.8, 4) is 0 Å². The Morgan fingerprint density at radius 3 is 2.67 bits per heavy atom. The zero-order chi connectivity index (χ0) is 15.6. The number of aryl methyl sites for hydroxylation is 1. The van der Waals surface area contributed by atoms with Gasteiger partial charge in [0.2, 0.25) is 11.8 Å². The number of nitrogens with zero attached hydrogens (tertiary/aromatic N) is 1. The van der Waals surface area contributed by atoms with Crippen molar-refractivity contribution in [3.05, 3.63) is 35.4 Å². The first-order valence-electron chi connectivity index (χ1n) is 7.36. The van der Waals surface area contributed by atoms with Crippen molar-refractivity contribution in [3.63, 3.8) is 0 Å². The molecule has 2 amide bonds. The number of rotatable bonds is 4. The average molecular weight is 289 g/mol. The smallest absolute Gasteiger partial charge is 0.243 e. The number of amides is 2. The number of carbonyl (C=O) groups is 2. The molecular formula is C16H23N3O2. The monoisotopic (exact) mass is 289 g/mol. The molecule has 21 heavy (non-hydrogen) atoms. The second-order valence-corrected chi connectivity index (χ2v) is 5.63. The molecule has 3 N–H and O–H groups in total. The van der Waals surface area contributed by atoms with Gasteiger partial charge in [-0.25, -0.2) is 0 Å². The third-order valence-electron chi connectivity index (χ3n) is 4.21. The highest BCUT2D eigenvalue weighted by Gasteiger charge is 2.38. The summed E-state index contributed by atoms with van der Waals surface area (Å²) >= 11 is 0. The van der Waals surface area contributed by atoms with Crippen LogP contribution in [0.4, 0.5) is 0 Å². The molecule has 1 aromatic carbocycles. The van der Waals surface area contributed by atoms with Crippen LogP contribution in [-0.2, 0) is 9.59 Å². The predicted octanol–water partition coefficient (Wildman–Crippen LogP) is 1.12. The summed E-state index contributed by atoms with van der Waals surface area (Å²) in [6.07, 6.45) is 0.776. The lowest BCUT2D eigenvalue weighted by Gasteiger charge is -2.41. The minimum absolute atomic E-state index is 0.132. The number of imide groups is 1. The molecule has 0 bridgehead atoms. The lowest BCUT2D eigenvalue weighted by Crippen LogP contribution is -2.60. The molecule has 5 nitrogen and oxygen atoms in total. The van der Waals surface area contributed by atoms with Crippen molar-refractivity contribution < 1.29 is 9.59 Å². The van der Waals surface area contributed by atoms with E-state index in [1.807, 2.05) is 49.9 Å². The molecule has 1 fully saturated rings. The molecule has 1 aliphatic heterocycles. The summed E-state index contributed by atoms with van der Waals surface area (Å²) in [7, 11) is 0. The lowest BCUT2D eigenvalue weighted by molar-refractivity contribution is -0.141. The molecule has 3 unspecified atom stereocenters. The van der Waals surface area contributed by atoms with Gasteiger partial charge in [-0.2, -0.15) is 0 Å². The fourth-order valence-corrected chi connectivity index (χ4v) is 2.87. The van der Waals surface area contributed by atoms with Gasteiger partial charge in [-0.15, -0.1) is 0 Å². The maximum Gasteiger partial charge on any atom is 0.243 e. The van der Waals surface area contributed by atoms with E-state index in [9.17, 15) is 9.59 Å². The highest BCUT2D eigenvalue weighted by molar-refractivity contribution is 6.00. The second-order valence-electron chi connectivity index (χ2n) is 5.63. The molecule has 0 radical (unpaired) electrons. The highest BCUT2D eigenvalue weighted by Crippen LogP contribution is 2.30. The summed E-state index contributed by atoms with van der Waals surface area (Å²) in [5.41, 5.74) is 8.52. The van der Waals surface area contributed by atoms with E-state index >= 15 is 0 Å². The summed E-state index contributed by atoms with van der Waals surface area (Å²) < 4.78 is 0. The minimum Gasteiger partial charge on any atom is -0.326 e. The third-order valence-corrected chi connectivity index (χ3v) is 4.21. The van der Waals surface area contributed by atoms with Crippen LogP contribution in [0.1, 0.15) is 37.4 Å². The molecule has 1 aliphatic rings. The van der Waals surface area contributed by atoms with Gasteiger partial charge >= 0.3 is 0 Å². The fourth-order valence-electron chi connectivity index (χ4n) is 2.87. The van der Waals surface area contributed by atoms with E-state index in [-0.39, 0.29) is 36.5 Å². The molecule has 0 saturated carbocycles. The molecule has 0 aromatic heterocycles.